The van der Waals surface area contributed by atoms with Crippen LogP contribution in [0.1, 0.15) is 56.9 Å². The number of fused-ring (bicyclic) bond motifs is 1. The molecule has 1 aromatic rings. The van der Waals surface area contributed by atoms with E-state index in [9.17, 15) is 28.7 Å². The van der Waals surface area contributed by atoms with Crippen molar-refractivity contribution in [3.05, 3.63) is 29.6 Å². The molecule has 0 spiro atoms. The van der Waals surface area contributed by atoms with Crippen molar-refractivity contribution in [1.82, 2.24) is 0 Å². The number of ether oxygens (including phenoxy) is 4. The zero-order valence-electron chi connectivity index (χ0n) is 23.6. The van der Waals surface area contributed by atoms with E-state index in [4.69, 9.17) is 24.7 Å². The van der Waals surface area contributed by atoms with E-state index in [0.29, 0.717) is 5.56 Å². The Kier molecular flexibility index (Phi) is 9.44. The van der Waals surface area contributed by atoms with Gasteiger partial charge in [-0.3, -0.25) is 14.4 Å². The number of hydrogen-bond acceptors (Lipinski definition) is 11. The first-order valence-electron chi connectivity index (χ1n) is 14.7. The predicted octanol–water partition coefficient (Wildman–Crippen LogP) is 3.24. The summed E-state index contributed by atoms with van der Waals surface area (Å²) in [5, 5.41) is 11.3. The van der Waals surface area contributed by atoms with Crippen molar-refractivity contribution >= 4 is 35.6 Å². The van der Waals surface area contributed by atoms with Crippen molar-refractivity contribution in [2.75, 3.05) is 19.3 Å². The standard InChI is InChI=1S/C30H38FNO9S/c1-16-12-19(10-11-21(16)31)42-13-20-25(33)22-23(28(36)40-14-38-26(34)17-6-2-3-7-17)24(22)30(20,32)29(37)41-15-39-27(35)18-8-4-5-9-18/h10-12,17-18,20,22-25,33H,2-9,13-15,32H2,1H3/t20-,22+,23+,24+,25-,30+/m1/s1. The topological polar surface area (TPSA) is 151 Å². The summed E-state index contributed by atoms with van der Waals surface area (Å²) < 4.78 is 34.6. The maximum atomic E-state index is 13.8. The Bertz CT molecular complexity index is 1200. The van der Waals surface area contributed by atoms with Crippen molar-refractivity contribution in [2.24, 2.45) is 41.2 Å². The second-order valence-electron chi connectivity index (χ2n) is 11.9. The van der Waals surface area contributed by atoms with Crippen LogP contribution in [0.15, 0.2) is 23.1 Å². The number of aliphatic hydroxyl groups excluding tert-OH is 1. The fourth-order valence-corrected chi connectivity index (χ4v) is 8.23. The smallest absolute Gasteiger partial charge is 0.329 e. The van der Waals surface area contributed by atoms with Crippen molar-refractivity contribution in [3.63, 3.8) is 0 Å². The van der Waals surface area contributed by atoms with E-state index >= 15 is 0 Å². The highest BCUT2D eigenvalue weighted by Gasteiger charge is 2.78. The van der Waals surface area contributed by atoms with E-state index in [0.717, 1.165) is 56.3 Å². The van der Waals surface area contributed by atoms with E-state index in [2.05, 4.69) is 0 Å². The van der Waals surface area contributed by atoms with Crippen LogP contribution < -0.4 is 5.73 Å². The third-order valence-electron chi connectivity index (χ3n) is 9.40. The number of aryl methyl sites for hydroxylation is 1. The summed E-state index contributed by atoms with van der Waals surface area (Å²) in [6.45, 7) is 0.462. The molecule has 0 heterocycles. The van der Waals surface area contributed by atoms with Crippen LogP contribution in [0.2, 0.25) is 0 Å². The van der Waals surface area contributed by atoms with Crippen LogP contribution >= 0.6 is 11.8 Å². The monoisotopic (exact) mass is 607 g/mol. The first-order chi connectivity index (χ1) is 20.1. The molecule has 42 heavy (non-hydrogen) atoms. The Morgan fingerprint density at radius 3 is 2.05 bits per heavy atom. The molecule has 4 fully saturated rings. The third kappa shape index (κ3) is 6.16. The second kappa shape index (κ2) is 12.9. The maximum Gasteiger partial charge on any atom is 0.329 e. The molecular weight excluding hydrogens is 569 g/mol. The normalized spacial score (nSPS) is 30.5. The molecule has 0 amide bonds. The number of hydrogen-bond donors (Lipinski definition) is 2. The first kappa shape index (κ1) is 30.7. The maximum absolute atomic E-state index is 13.8. The molecule has 6 atom stereocenters. The average Bonchev–Trinajstić information content (AvgIpc) is 3.33. The van der Waals surface area contributed by atoms with Crippen molar-refractivity contribution in [1.29, 1.82) is 0 Å². The molecule has 3 N–H and O–H groups in total. The fourth-order valence-electron chi connectivity index (χ4n) is 6.96. The Morgan fingerprint density at radius 2 is 1.48 bits per heavy atom. The van der Waals surface area contributed by atoms with E-state index < -0.39 is 72.8 Å². The van der Waals surface area contributed by atoms with Crippen LogP contribution in [0, 0.1) is 48.2 Å². The summed E-state index contributed by atoms with van der Waals surface area (Å²) in [4.78, 5) is 51.6. The molecule has 5 rings (SSSR count). The number of esters is 4. The summed E-state index contributed by atoms with van der Waals surface area (Å²) in [6.07, 6.45) is 5.60. The molecule has 0 saturated heterocycles. The van der Waals surface area contributed by atoms with Gasteiger partial charge in [0.2, 0.25) is 13.6 Å². The molecular formula is C30H38FNO9S. The zero-order valence-corrected chi connectivity index (χ0v) is 24.4. The van der Waals surface area contributed by atoms with Crippen LogP contribution in [0.5, 0.6) is 0 Å². The number of aliphatic hydroxyl groups is 1. The van der Waals surface area contributed by atoms with Gasteiger partial charge >= 0.3 is 23.9 Å². The Labute approximate surface area is 248 Å². The van der Waals surface area contributed by atoms with Crippen molar-refractivity contribution in [2.45, 2.75) is 74.8 Å². The minimum Gasteiger partial charge on any atom is -0.428 e. The molecule has 12 heteroatoms. The molecule has 0 aromatic heterocycles. The molecule has 230 valence electrons. The third-order valence-corrected chi connectivity index (χ3v) is 10.5. The van der Waals surface area contributed by atoms with Gasteiger partial charge in [-0.25, -0.2) is 9.18 Å². The molecule has 0 bridgehead atoms. The number of benzene rings is 1. The number of thioether (sulfide) groups is 1. The Morgan fingerprint density at radius 1 is 0.929 bits per heavy atom. The summed E-state index contributed by atoms with van der Waals surface area (Å²) in [5.41, 5.74) is 5.40. The summed E-state index contributed by atoms with van der Waals surface area (Å²) >= 11 is 1.30. The molecule has 10 nitrogen and oxygen atoms in total. The van der Waals surface area contributed by atoms with Gasteiger partial charge in [0, 0.05) is 28.4 Å². The molecule has 0 unspecified atom stereocenters. The Balaban J connectivity index is 1.23. The quantitative estimate of drug-likeness (QED) is 0.217. The van der Waals surface area contributed by atoms with Gasteiger partial charge in [-0.2, -0.15) is 0 Å². The lowest BCUT2D eigenvalue weighted by atomic mass is 9.81. The molecule has 0 radical (unpaired) electrons. The summed E-state index contributed by atoms with van der Waals surface area (Å²) in [5.74, 6) is -6.19. The lowest BCUT2D eigenvalue weighted by Gasteiger charge is -2.34. The predicted molar refractivity (Wildman–Crippen MR) is 147 cm³/mol. The van der Waals surface area contributed by atoms with Gasteiger partial charge in [-0.1, -0.05) is 25.7 Å². The van der Waals surface area contributed by atoms with Crippen LogP contribution in [0.3, 0.4) is 0 Å². The highest BCUT2D eigenvalue weighted by Crippen LogP contribution is 2.64. The van der Waals surface area contributed by atoms with Gasteiger partial charge in [0.15, 0.2) is 0 Å². The summed E-state index contributed by atoms with van der Waals surface area (Å²) in [6, 6.07) is 4.60. The van der Waals surface area contributed by atoms with E-state index in [1.165, 1.54) is 17.8 Å². The van der Waals surface area contributed by atoms with Crippen LogP contribution in [-0.4, -0.2) is 60.0 Å². The van der Waals surface area contributed by atoms with Gasteiger partial charge in [0.1, 0.15) is 11.4 Å². The van der Waals surface area contributed by atoms with E-state index in [1.54, 1.807) is 19.1 Å². The fraction of sp³-hybridized carbons (Fsp3) is 0.667. The average molecular weight is 608 g/mol. The van der Waals surface area contributed by atoms with Gasteiger partial charge < -0.3 is 29.8 Å². The number of halogens is 1. The molecule has 4 aliphatic rings. The van der Waals surface area contributed by atoms with Gasteiger partial charge in [-0.15, -0.1) is 11.8 Å². The molecule has 4 aliphatic carbocycles. The lowest BCUT2D eigenvalue weighted by Crippen LogP contribution is -2.59. The van der Waals surface area contributed by atoms with Crippen LogP contribution in [0.4, 0.5) is 4.39 Å². The number of carbonyl (C=O) groups is 4. The minimum atomic E-state index is -1.78. The second-order valence-corrected chi connectivity index (χ2v) is 13.0. The molecule has 1 aromatic carbocycles. The molecule has 4 saturated carbocycles. The van der Waals surface area contributed by atoms with Crippen molar-refractivity contribution < 1.29 is 47.6 Å². The number of rotatable bonds is 11. The van der Waals surface area contributed by atoms with E-state index in [1.807, 2.05) is 0 Å². The lowest BCUT2D eigenvalue weighted by molar-refractivity contribution is -0.176. The zero-order chi connectivity index (χ0) is 30.0. The largest absolute Gasteiger partial charge is 0.428 e. The van der Waals surface area contributed by atoms with Crippen LogP contribution in [0.25, 0.3) is 0 Å². The Hall–Kier alpha value is -2.70. The van der Waals surface area contributed by atoms with Crippen molar-refractivity contribution in [3.8, 4) is 0 Å². The van der Waals surface area contributed by atoms with E-state index in [-0.39, 0.29) is 23.4 Å². The number of carbonyl (C=O) groups excluding carboxylic acids is 4. The summed E-state index contributed by atoms with van der Waals surface area (Å²) in [7, 11) is 0. The SMILES string of the molecule is Cc1cc(SC[C@@H]2[C@@H](O)[C@H]3[C@H](C(=O)OCOC(=O)C4CCCC4)[C@H]3[C@]2(N)C(=O)OCOC(=O)C2CCCC2)ccc1F. The first-order valence-corrected chi connectivity index (χ1v) is 15.6. The van der Waals surface area contributed by atoms with Gasteiger partial charge in [-0.05, 0) is 56.4 Å². The highest BCUT2D eigenvalue weighted by atomic mass is 32.2. The van der Waals surface area contributed by atoms with Crippen LogP contribution in [-0.2, 0) is 38.1 Å². The molecule has 0 aliphatic heterocycles. The number of nitrogens with two attached hydrogens (primary N) is 1. The van der Waals surface area contributed by atoms with Gasteiger partial charge in [0.25, 0.3) is 0 Å². The van der Waals surface area contributed by atoms with Gasteiger partial charge in [0.05, 0.1) is 23.9 Å². The highest BCUT2D eigenvalue weighted by molar-refractivity contribution is 7.99. The minimum absolute atomic E-state index is 0.188.